The Labute approximate surface area is 112 Å². The molecule has 19 heavy (non-hydrogen) atoms. The topological polar surface area (TPSA) is 74.6 Å². The second-order valence-corrected chi connectivity index (χ2v) is 4.95. The van der Waals surface area contributed by atoms with E-state index in [4.69, 9.17) is 4.42 Å². The van der Waals surface area contributed by atoms with Crippen LogP contribution < -0.4 is 10.6 Å². The fourth-order valence-electron chi connectivity index (χ4n) is 1.77. The molecule has 0 aromatic carbocycles. The Morgan fingerprint density at radius 1 is 1.42 bits per heavy atom. The van der Waals surface area contributed by atoms with E-state index in [9.17, 15) is 9.59 Å². The van der Waals surface area contributed by atoms with Gasteiger partial charge in [-0.1, -0.05) is 0 Å². The van der Waals surface area contributed by atoms with E-state index >= 15 is 0 Å². The number of carbonyl (C=O) groups is 2. The largest absolute Gasteiger partial charge is 0.468 e. The molecule has 1 aromatic heterocycles. The predicted octanol–water partition coefficient (Wildman–Crippen LogP) is 0.277. The average Bonchev–Trinajstić information content (AvgIpc) is 3.01. The molecule has 0 aliphatic heterocycles. The van der Waals surface area contributed by atoms with Gasteiger partial charge in [0.2, 0.25) is 0 Å². The second kappa shape index (κ2) is 5.88. The number of nitrogens with zero attached hydrogens (tertiary/aromatic N) is 1. The van der Waals surface area contributed by atoms with E-state index in [1.807, 2.05) is 25.1 Å². The standard InChI is InChI=1S/C13H19N3O3/c1-16(2)10(11-4-3-7-19-11)8-14-12(17)13(18)15-9-5-6-9/h3-4,7,9-10H,5-6,8H2,1-2H3,(H,14,17)(H,15,18). The highest BCUT2D eigenvalue weighted by Gasteiger charge is 2.27. The smallest absolute Gasteiger partial charge is 0.309 e. The molecule has 1 saturated carbocycles. The Bertz CT molecular complexity index is 438. The Balaban J connectivity index is 1.84. The molecule has 2 N–H and O–H groups in total. The van der Waals surface area contributed by atoms with Crippen molar-refractivity contribution in [3.8, 4) is 0 Å². The molecule has 1 unspecified atom stereocenters. The minimum Gasteiger partial charge on any atom is -0.468 e. The Hall–Kier alpha value is -1.82. The summed E-state index contributed by atoms with van der Waals surface area (Å²) in [6, 6.07) is 3.75. The van der Waals surface area contributed by atoms with Crippen molar-refractivity contribution in [1.82, 2.24) is 15.5 Å². The van der Waals surface area contributed by atoms with Crippen molar-refractivity contribution < 1.29 is 14.0 Å². The van der Waals surface area contributed by atoms with Gasteiger partial charge in [0.15, 0.2) is 0 Å². The third-order valence-corrected chi connectivity index (χ3v) is 3.07. The first-order valence-electron chi connectivity index (χ1n) is 6.36. The van der Waals surface area contributed by atoms with Crippen LogP contribution in [0.4, 0.5) is 0 Å². The first kappa shape index (κ1) is 13.6. The SMILES string of the molecule is CN(C)C(CNC(=O)C(=O)NC1CC1)c1ccco1. The van der Waals surface area contributed by atoms with Gasteiger partial charge >= 0.3 is 11.8 Å². The maximum atomic E-state index is 11.6. The van der Waals surface area contributed by atoms with Crippen molar-refractivity contribution in [2.45, 2.75) is 24.9 Å². The fourth-order valence-corrected chi connectivity index (χ4v) is 1.77. The van der Waals surface area contributed by atoms with E-state index in [-0.39, 0.29) is 12.1 Å². The van der Waals surface area contributed by atoms with Crippen molar-refractivity contribution in [3.05, 3.63) is 24.2 Å². The zero-order chi connectivity index (χ0) is 13.8. The number of furan rings is 1. The van der Waals surface area contributed by atoms with Crippen LogP contribution in [-0.4, -0.2) is 43.4 Å². The quantitative estimate of drug-likeness (QED) is 0.750. The zero-order valence-corrected chi connectivity index (χ0v) is 11.2. The van der Waals surface area contributed by atoms with E-state index in [1.54, 1.807) is 12.3 Å². The third-order valence-electron chi connectivity index (χ3n) is 3.07. The normalized spacial score (nSPS) is 16.2. The summed E-state index contributed by atoms with van der Waals surface area (Å²) >= 11 is 0. The molecular formula is C13H19N3O3. The molecule has 1 aliphatic rings. The molecule has 1 aromatic rings. The van der Waals surface area contributed by atoms with Gasteiger partial charge in [0, 0.05) is 12.6 Å². The van der Waals surface area contributed by atoms with Crippen LogP contribution in [0.1, 0.15) is 24.6 Å². The Morgan fingerprint density at radius 3 is 2.68 bits per heavy atom. The van der Waals surface area contributed by atoms with Crippen LogP contribution in [0.5, 0.6) is 0 Å². The van der Waals surface area contributed by atoms with Crippen molar-refractivity contribution >= 4 is 11.8 Å². The summed E-state index contributed by atoms with van der Waals surface area (Å²) < 4.78 is 5.33. The van der Waals surface area contributed by atoms with Crippen LogP contribution in [-0.2, 0) is 9.59 Å². The molecule has 6 nitrogen and oxygen atoms in total. The Kier molecular flexibility index (Phi) is 4.21. The molecule has 1 aliphatic carbocycles. The molecule has 0 bridgehead atoms. The summed E-state index contributed by atoms with van der Waals surface area (Å²) in [6.45, 7) is 0.331. The maximum Gasteiger partial charge on any atom is 0.309 e. The van der Waals surface area contributed by atoms with Gasteiger partial charge in [-0.15, -0.1) is 0 Å². The average molecular weight is 265 g/mol. The third kappa shape index (κ3) is 3.82. The minimum absolute atomic E-state index is 0.0901. The number of carbonyl (C=O) groups excluding carboxylic acids is 2. The number of hydrogen-bond acceptors (Lipinski definition) is 4. The van der Waals surface area contributed by atoms with Crippen LogP contribution in [0.3, 0.4) is 0 Å². The molecule has 2 amide bonds. The highest BCUT2D eigenvalue weighted by molar-refractivity contribution is 6.35. The lowest BCUT2D eigenvalue weighted by atomic mass is 10.2. The van der Waals surface area contributed by atoms with E-state index in [2.05, 4.69) is 10.6 Å². The molecule has 1 fully saturated rings. The van der Waals surface area contributed by atoms with E-state index in [0.29, 0.717) is 6.54 Å². The molecule has 0 saturated heterocycles. The lowest BCUT2D eigenvalue weighted by Crippen LogP contribution is -2.43. The number of hydrogen-bond donors (Lipinski definition) is 2. The highest BCUT2D eigenvalue weighted by Crippen LogP contribution is 2.19. The van der Waals surface area contributed by atoms with Gasteiger partial charge < -0.3 is 15.1 Å². The highest BCUT2D eigenvalue weighted by atomic mass is 16.3. The van der Waals surface area contributed by atoms with Crippen molar-refractivity contribution in [1.29, 1.82) is 0 Å². The summed E-state index contributed by atoms with van der Waals surface area (Å²) in [4.78, 5) is 25.1. The van der Waals surface area contributed by atoms with Crippen LogP contribution in [0.15, 0.2) is 22.8 Å². The van der Waals surface area contributed by atoms with Gasteiger partial charge in [0.25, 0.3) is 0 Å². The first-order chi connectivity index (χ1) is 9.08. The number of nitrogens with one attached hydrogen (secondary N) is 2. The summed E-state index contributed by atoms with van der Waals surface area (Å²) in [5.41, 5.74) is 0. The van der Waals surface area contributed by atoms with Crippen LogP contribution in [0.25, 0.3) is 0 Å². The van der Waals surface area contributed by atoms with Crippen LogP contribution in [0.2, 0.25) is 0 Å². The van der Waals surface area contributed by atoms with Crippen LogP contribution in [0, 0.1) is 0 Å². The van der Waals surface area contributed by atoms with E-state index in [1.165, 1.54) is 0 Å². The lowest BCUT2D eigenvalue weighted by Gasteiger charge is -2.22. The van der Waals surface area contributed by atoms with Crippen molar-refractivity contribution in [2.75, 3.05) is 20.6 Å². The molecule has 104 valence electrons. The molecule has 6 heteroatoms. The number of likely N-dealkylation sites (N-methyl/N-ethyl adjacent to an activating group) is 1. The maximum absolute atomic E-state index is 11.6. The van der Waals surface area contributed by atoms with Gasteiger partial charge in [-0.2, -0.15) is 0 Å². The molecule has 0 radical (unpaired) electrons. The fraction of sp³-hybridized carbons (Fsp3) is 0.538. The monoisotopic (exact) mass is 265 g/mol. The van der Waals surface area contributed by atoms with Gasteiger partial charge in [0.1, 0.15) is 5.76 Å². The summed E-state index contributed by atoms with van der Waals surface area (Å²) in [5, 5.41) is 5.29. The minimum atomic E-state index is -0.592. The number of amides is 2. The van der Waals surface area contributed by atoms with Gasteiger partial charge in [-0.25, -0.2) is 0 Å². The number of rotatable bonds is 5. The van der Waals surface area contributed by atoms with Crippen LogP contribution >= 0.6 is 0 Å². The van der Waals surface area contributed by atoms with E-state index < -0.39 is 11.8 Å². The molecule has 0 spiro atoms. The zero-order valence-electron chi connectivity index (χ0n) is 11.2. The lowest BCUT2D eigenvalue weighted by molar-refractivity contribution is -0.139. The van der Waals surface area contributed by atoms with Crippen molar-refractivity contribution in [2.24, 2.45) is 0 Å². The molecule has 1 heterocycles. The first-order valence-corrected chi connectivity index (χ1v) is 6.36. The predicted molar refractivity (Wildman–Crippen MR) is 69.3 cm³/mol. The van der Waals surface area contributed by atoms with Gasteiger partial charge in [0.05, 0.1) is 12.3 Å². The second-order valence-electron chi connectivity index (χ2n) is 4.95. The van der Waals surface area contributed by atoms with E-state index in [0.717, 1.165) is 18.6 Å². The van der Waals surface area contributed by atoms with Gasteiger partial charge in [-0.3, -0.25) is 14.5 Å². The van der Waals surface area contributed by atoms with Gasteiger partial charge in [-0.05, 0) is 39.1 Å². The Morgan fingerprint density at radius 2 is 2.16 bits per heavy atom. The summed E-state index contributed by atoms with van der Waals surface area (Å²) in [6.07, 6.45) is 3.52. The molecular weight excluding hydrogens is 246 g/mol. The molecule has 1 atom stereocenters. The molecule has 2 rings (SSSR count). The summed E-state index contributed by atoms with van der Waals surface area (Å²) in [5.74, 6) is -0.391. The summed E-state index contributed by atoms with van der Waals surface area (Å²) in [7, 11) is 3.78. The van der Waals surface area contributed by atoms with Crippen molar-refractivity contribution in [3.63, 3.8) is 0 Å².